The topological polar surface area (TPSA) is 60.7 Å². The maximum atomic E-state index is 12.7. The second kappa shape index (κ2) is 9.08. The van der Waals surface area contributed by atoms with Gasteiger partial charge in [0.25, 0.3) is 5.56 Å². The molecule has 5 nitrogen and oxygen atoms in total. The summed E-state index contributed by atoms with van der Waals surface area (Å²) >= 11 is 0. The molecule has 0 spiro atoms. The van der Waals surface area contributed by atoms with Gasteiger partial charge in [-0.05, 0) is 73.4 Å². The van der Waals surface area contributed by atoms with Crippen molar-refractivity contribution in [1.29, 1.82) is 0 Å². The fraction of sp³-hybridized carbons (Fsp3) is 0.292. The van der Waals surface area contributed by atoms with Gasteiger partial charge < -0.3 is 14.6 Å². The largest absolute Gasteiger partial charge is 0.573 e. The summed E-state index contributed by atoms with van der Waals surface area (Å²) in [6.45, 7) is 5.42. The zero-order valence-corrected chi connectivity index (χ0v) is 17.9. The van der Waals surface area contributed by atoms with Gasteiger partial charge in [0.2, 0.25) is 0 Å². The standard InChI is InChI=1S/C24H24F3NO4/c1-4-16-13-19(7-10-21(16)31-15-23(2,3)30)28-12-11-18(14-22(28)29)17-5-8-20(9-6-17)32-24(25,26)27/h5-14,30H,4,15H2,1-3H3. The minimum absolute atomic E-state index is 0.140. The van der Waals surface area contributed by atoms with E-state index in [4.69, 9.17) is 4.74 Å². The molecule has 3 rings (SSSR count). The first-order valence-electron chi connectivity index (χ1n) is 10.0. The summed E-state index contributed by atoms with van der Waals surface area (Å²) in [5.74, 6) is 0.317. The third kappa shape index (κ3) is 6.13. The van der Waals surface area contributed by atoms with E-state index in [0.717, 1.165) is 5.56 Å². The van der Waals surface area contributed by atoms with Crippen LogP contribution in [0, 0.1) is 0 Å². The Balaban J connectivity index is 1.84. The van der Waals surface area contributed by atoms with E-state index in [0.29, 0.717) is 29.0 Å². The van der Waals surface area contributed by atoms with Crippen molar-refractivity contribution in [2.24, 2.45) is 0 Å². The molecule has 0 bridgehead atoms. The number of ether oxygens (including phenoxy) is 2. The van der Waals surface area contributed by atoms with Crippen LogP contribution in [-0.4, -0.2) is 28.2 Å². The highest BCUT2D eigenvalue weighted by atomic mass is 19.4. The first kappa shape index (κ1) is 23.4. The van der Waals surface area contributed by atoms with Crippen LogP contribution in [0.1, 0.15) is 26.3 Å². The SMILES string of the molecule is CCc1cc(-n2ccc(-c3ccc(OC(F)(F)F)cc3)cc2=O)ccc1OCC(C)(C)O. The Kier molecular flexibility index (Phi) is 6.64. The van der Waals surface area contributed by atoms with Crippen molar-refractivity contribution in [3.63, 3.8) is 0 Å². The van der Waals surface area contributed by atoms with Gasteiger partial charge >= 0.3 is 6.36 Å². The number of nitrogens with zero attached hydrogens (tertiary/aromatic N) is 1. The number of alkyl halides is 3. The zero-order chi connectivity index (χ0) is 23.5. The molecule has 8 heteroatoms. The van der Waals surface area contributed by atoms with Crippen LogP contribution in [0.4, 0.5) is 13.2 Å². The molecular formula is C24H24F3NO4. The summed E-state index contributed by atoms with van der Waals surface area (Å²) in [5, 5.41) is 9.87. The smallest absolute Gasteiger partial charge is 0.490 e. The van der Waals surface area contributed by atoms with Crippen LogP contribution in [-0.2, 0) is 6.42 Å². The van der Waals surface area contributed by atoms with Crippen LogP contribution in [0.2, 0.25) is 0 Å². The van der Waals surface area contributed by atoms with Crippen molar-refractivity contribution in [3.05, 3.63) is 76.7 Å². The van der Waals surface area contributed by atoms with Crippen molar-refractivity contribution in [1.82, 2.24) is 4.57 Å². The van der Waals surface area contributed by atoms with Gasteiger partial charge in [-0.2, -0.15) is 0 Å². The molecule has 0 fully saturated rings. The highest BCUT2D eigenvalue weighted by Gasteiger charge is 2.31. The molecule has 0 amide bonds. The lowest BCUT2D eigenvalue weighted by Crippen LogP contribution is -2.28. The average Bonchev–Trinajstić information content (AvgIpc) is 2.71. The predicted octanol–water partition coefficient (Wildman–Crippen LogP) is 5.12. The molecule has 0 unspecified atom stereocenters. The highest BCUT2D eigenvalue weighted by molar-refractivity contribution is 5.64. The van der Waals surface area contributed by atoms with Crippen LogP contribution in [0.3, 0.4) is 0 Å². The van der Waals surface area contributed by atoms with Crippen LogP contribution < -0.4 is 15.0 Å². The third-order valence-electron chi connectivity index (χ3n) is 4.62. The Labute approximate surface area is 183 Å². The molecule has 1 heterocycles. The number of hydrogen-bond donors (Lipinski definition) is 1. The number of aliphatic hydroxyl groups is 1. The number of hydrogen-bond acceptors (Lipinski definition) is 4. The van der Waals surface area contributed by atoms with Gasteiger partial charge in [0.15, 0.2) is 0 Å². The van der Waals surface area contributed by atoms with E-state index in [1.807, 2.05) is 13.0 Å². The summed E-state index contributed by atoms with van der Waals surface area (Å²) in [5.41, 5.74) is 1.46. The predicted molar refractivity (Wildman–Crippen MR) is 115 cm³/mol. The quantitative estimate of drug-likeness (QED) is 0.547. The fourth-order valence-electron chi connectivity index (χ4n) is 3.11. The second-order valence-electron chi connectivity index (χ2n) is 7.94. The van der Waals surface area contributed by atoms with Crippen molar-refractivity contribution in [2.45, 2.75) is 39.2 Å². The van der Waals surface area contributed by atoms with Crippen molar-refractivity contribution in [2.75, 3.05) is 6.61 Å². The van der Waals surface area contributed by atoms with Gasteiger partial charge in [-0.25, -0.2) is 0 Å². The van der Waals surface area contributed by atoms with E-state index in [1.54, 1.807) is 38.2 Å². The van der Waals surface area contributed by atoms with Crippen molar-refractivity contribution in [3.8, 4) is 28.3 Å². The Hall–Kier alpha value is -3.26. The fourth-order valence-corrected chi connectivity index (χ4v) is 3.11. The third-order valence-corrected chi connectivity index (χ3v) is 4.62. The molecule has 1 N–H and O–H groups in total. The van der Waals surface area contributed by atoms with Crippen LogP contribution in [0.15, 0.2) is 65.6 Å². The maximum absolute atomic E-state index is 12.7. The number of aromatic nitrogens is 1. The van der Waals surface area contributed by atoms with E-state index >= 15 is 0 Å². The Bertz CT molecular complexity index is 1130. The summed E-state index contributed by atoms with van der Waals surface area (Å²) in [6.07, 6.45) is -2.47. The molecule has 0 aliphatic carbocycles. The normalized spacial score (nSPS) is 12.0. The average molecular weight is 447 g/mol. The highest BCUT2D eigenvalue weighted by Crippen LogP contribution is 2.27. The minimum Gasteiger partial charge on any atom is -0.490 e. The molecule has 0 saturated carbocycles. The maximum Gasteiger partial charge on any atom is 0.573 e. The number of benzene rings is 2. The number of aryl methyl sites for hydroxylation is 1. The van der Waals surface area contributed by atoms with E-state index in [1.165, 1.54) is 34.9 Å². The Morgan fingerprint density at radius 2 is 1.66 bits per heavy atom. The molecule has 32 heavy (non-hydrogen) atoms. The van der Waals surface area contributed by atoms with Gasteiger partial charge in [-0.15, -0.1) is 13.2 Å². The Morgan fingerprint density at radius 3 is 2.22 bits per heavy atom. The molecule has 2 aromatic carbocycles. The van der Waals surface area contributed by atoms with Gasteiger partial charge in [0.05, 0.1) is 5.60 Å². The summed E-state index contributed by atoms with van der Waals surface area (Å²) in [6, 6.07) is 13.8. The summed E-state index contributed by atoms with van der Waals surface area (Å²) in [4.78, 5) is 12.7. The minimum atomic E-state index is -4.76. The van der Waals surface area contributed by atoms with Gasteiger partial charge in [-0.3, -0.25) is 9.36 Å². The molecule has 1 aromatic heterocycles. The molecule has 0 radical (unpaired) electrons. The molecule has 0 aliphatic heterocycles. The molecule has 0 saturated heterocycles. The van der Waals surface area contributed by atoms with Crippen molar-refractivity contribution < 1.29 is 27.8 Å². The molecule has 0 atom stereocenters. The van der Waals surface area contributed by atoms with Crippen LogP contribution in [0.25, 0.3) is 16.8 Å². The molecular weight excluding hydrogens is 423 g/mol. The lowest BCUT2D eigenvalue weighted by molar-refractivity contribution is -0.274. The van der Waals surface area contributed by atoms with Crippen molar-refractivity contribution >= 4 is 0 Å². The van der Waals surface area contributed by atoms with Gasteiger partial charge in [-0.1, -0.05) is 19.1 Å². The van der Waals surface area contributed by atoms with E-state index in [-0.39, 0.29) is 17.9 Å². The van der Waals surface area contributed by atoms with Gasteiger partial charge in [0, 0.05) is 18.0 Å². The molecule has 0 aliphatic rings. The van der Waals surface area contributed by atoms with E-state index in [2.05, 4.69) is 4.74 Å². The lowest BCUT2D eigenvalue weighted by atomic mass is 10.1. The summed E-state index contributed by atoms with van der Waals surface area (Å²) in [7, 11) is 0. The van der Waals surface area contributed by atoms with E-state index in [9.17, 15) is 23.1 Å². The first-order valence-corrected chi connectivity index (χ1v) is 10.0. The lowest BCUT2D eigenvalue weighted by Gasteiger charge is -2.20. The molecule has 170 valence electrons. The van der Waals surface area contributed by atoms with E-state index < -0.39 is 12.0 Å². The Morgan fingerprint density at radius 1 is 0.969 bits per heavy atom. The summed E-state index contributed by atoms with van der Waals surface area (Å²) < 4.78 is 48.0. The number of halogens is 3. The molecule has 3 aromatic rings. The van der Waals surface area contributed by atoms with Crippen LogP contribution in [0.5, 0.6) is 11.5 Å². The zero-order valence-electron chi connectivity index (χ0n) is 17.9. The number of rotatable bonds is 7. The van der Waals surface area contributed by atoms with Gasteiger partial charge in [0.1, 0.15) is 18.1 Å². The number of pyridine rings is 1. The monoisotopic (exact) mass is 447 g/mol. The second-order valence-corrected chi connectivity index (χ2v) is 7.94. The first-order chi connectivity index (χ1) is 14.9. The van der Waals surface area contributed by atoms with Crippen LogP contribution >= 0.6 is 0 Å².